The molecule has 0 unspecified atom stereocenters. The number of benzene rings is 1. The lowest BCUT2D eigenvalue weighted by atomic mass is 10.0. The van der Waals surface area contributed by atoms with Crippen LogP contribution in [0.3, 0.4) is 0 Å². The van der Waals surface area contributed by atoms with Crippen molar-refractivity contribution in [2.45, 2.75) is 33.1 Å². The van der Waals surface area contributed by atoms with Gasteiger partial charge in [0.25, 0.3) is 0 Å². The molecule has 0 saturated carbocycles. The molecular formula is C15H25N3O2. The average Bonchev–Trinajstić information content (AvgIpc) is 2.43. The van der Waals surface area contributed by atoms with Gasteiger partial charge < -0.3 is 21.5 Å². The molecule has 0 aliphatic rings. The molecule has 0 aliphatic heterocycles. The van der Waals surface area contributed by atoms with Crippen molar-refractivity contribution in [1.82, 2.24) is 0 Å². The van der Waals surface area contributed by atoms with E-state index in [4.69, 9.17) is 10.8 Å². The Hall–Kier alpha value is -1.75. The third kappa shape index (κ3) is 4.74. The van der Waals surface area contributed by atoms with E-state index in [0.29, 0.717) is 24.3 Å². The van der Waals surface area contributed by atoms with Gasteiger partial charge in [-0.3, -0.25) is 4.79 Å². The number of nitrogen functional groups attached to an aromatic ring is 1. The number of nitrogens with one attached hydrogen (secondary N) is 2. The molecule has 0 spiro atoms. The molecule has 5 nitrogen and oxygen atoms in total. The van der Waals surface area contributed by atoms with E-state index in [1.165, 1.54) is 0 Å². The summed E-state index contributed by atoms with van der Waals surface area (Å²) in [5, 5.41) is 14.8. The predicted molar refractivity (Wildman–Crippen MR) is 83.7 cm³/mol. The monoisotopic (exact) mass is 279 g/mol. The summed E-state index contributed by atoms with van der Waals surface area (Å²) in [6, 6.07) is 5.43. The topological polar surface area (TPSA) is 87.4 Å². The van der Waals surface area contributed by atoms with Crippen LogP contribution in [0.1, 0.15) is 33.1 Å². The van der Waals surface area contributed by atoms with Crippen molar-refractivity contribution in [3.05, 3.63) is 18.2 Å². The molecule has 0 heterocycles. The summed E-state index contributed by atoms with van der Waals surface area (Å²) in [5.74, 6) is 0.0777. The van der Waals surface area contributed by atoms with E-state index in [1.54, 1.807) is 6.07 Å². The largest absolute Gasteiger partial charge is 0.397 e. The Morgan fingerprint density at radius 2 is 2.05 bits per heavy atom. The molecule has 0 aliphatic carbocycles. The second-order valence-electron chi connectivity index (χ2n) is 4.81. The van der Waals surface area contributed by atoms with Gasteiger partial charge in [-0.2, -0.15) is 0 Å². The van der Waals surface area contributed by atoms with Crippen molar-refractivity contribution < 1.29 is 9.90 Å². The zero-order valence-corrected chi connectivity index (χ0v) is 12.3. The van der Waals surface area contributed by atoms with E-state index in [-0.39, 0.29) is 18.4 Å². The van der Waals surface area contributed by atoms with Gasteiger partial charge in [-0.15, -0.1) is 0 Å². The quantitative estimate of drug-likeness (QED) is 0.435. The highest BCUT2D eigenvalue weighted by Crippen LogP contribution is 2.23. The van der Waals surface area contributed by atoms with Gasteiger partial charge in [-0.25, -0.2) is 0 Å². The first-order valence-corrected chi connectivity index (χ1v) is 7.17. The molecular weight excluding hydrogens is 254 g/mol. The fourth-order valence-corrected chi connectivity index (χ4v) is 2.01. The lowest BCUT2D eigenvalue weighted by Gasteiger charge is -2.14. The zero-order valence-electron chi connectivity index (χ0n) is 12.3. The van der Waals surface area contributed by atoms with E-state index in [0.717, 1.165) is 18.5 Å². The van der Waals surface area contributed by atoms with Crippen LogP contribution in [0.4, 0.5) is 17.1 Å². The average molecular weight is 279 g/mol. The standard InChI is InChI=1S/C15H25N3O2/c1-3-11(4-2)15(20)18-12-6-7-14(13(16)10-12)17-8-5-9-19/h6-7,10-11,17,19H,3-5,8-9,16H2,1-2H3,(H,18,20). The summed E-state index contributed by atoms with van der Waals surface area (Å²) in [4.78, 5) is 12.0. The smallest absolute Gasteiger partial charge is 0.227 e. The molecule has 1 rings (SSSR count). The van der Waals surface area contributed by atoms with Gasteiger partial charge in [0, 0.05) is 24.8 Å². The van der Waals surface area contributed by atoms with E-state index in [1.807, 2.05) is 26.0 Å². The second kappa shape index (κ2) is 8.43. The Labute approximate surface area is 120 Å². The molecule has 0 atom stereocenters. The molecule has 20 heavy (non-hydrogen) atoms. The van der Waals surface area contributed by atoms with Crippen LogP contribution < -0.4 is 16.4 Å². The lowest BCUT2D eigenvalue weighted by molar-refractivity contribution is -0.120. The maximum atomic E-state index is 12.0. The van der Waals surface area contributed by atoms with Gasteiger partial charge in [0.2, 0.25) is 5.91 Å². The van der Waals surface area contributed by atoms with Gasteiger partial charge in [-0.1, -0.05) is 13.8 Å². The van der Waals surface area contributed by atoms with Gasteiger partial charge in [-0.05, 0) is 37.5 Å². The highest BCUT2D eigenvalue weighted by Gasteiger charge is 2.14. The maximum Gasteiger partial charge on any atom is 0.227 e. The third-order valence-electron chi connectivity index (χ3n) is 3.33. The summed E-state index contributed by atoms with van der Waals surface area (Å²) in [7, 11) is 0. The summed E-state index contributed by atoms with van der Waals surface area (Å²) in [6.07, 6.45) is 2.34. The van der Waals surface area contributed by atoms with Crippen molar-refractivity contribution in [1.29, 1.82) is 0 Å². The number of rotatable bonds is 8. The molecule has 5 heteroatoms. The Morgan fingerprint density at radius 3 is 2.60 bits per heavy atom. The number of carbonyl (C=O) groups is 1. The summed E-state index contributed by atoms with van der Waals surface area (Å²) in [5.41, 5.74) is 8.07. The number of anilines is 3. The normalized spacial score (nSPS) is 10.6. The molecule has 0 bridgehead atoms. The molecule has 112 valence electrons. The van der Waals surface area contributed by atoms with Crippen molar-refractivity contribution in [3.8, 4) is 0 Å². The number of carbonyl (C=O) groups excluding carboxylic acids is 1. The Morgan fingerprint density at radius 1 is 1.35 bits per heavy atom. The van der Waals surface area contributed by atoms with Crippen LogP contribution in [0, 0.1) is 5.92 Å². The van der Waals surface area contributed by atoms with Crippen LogP contribution in [0.2, 0.25) is 0 Å². The third-order valence-corrected chi connectivity index (χ3v) is 3.33. The predicted octanol–water partition coefficient (Wildman–Crippen LogP) is 2.44. The fraction of sp³-hybridized carbons (Fsp3) is 0.533. The molecule has 0 fully saturated rings. The number of amides is 1. The van der Waals surface area contributed by atoms with E-state index >= 15 is 0 Å². The van der Waals surface area contributed by atoms with Gasteiger partial charge in [0.1, 0.15) is 0 Å². The van der Waals surface area contributed by atoms with Crippen LogP contribution in [-0.2, 0) is 4.79 Å². The second-order valence-corrected chi connectivity index (χ2v) is 4.81. The van der Waals surface area contributed by atoms with E-state index in [9.17, 15) is 4.79 Å². The number of nitrogens with two attached hydrogens (primary N) is 1. The Balaban J connectivity index is 2.65. The van der Waals surface area contributed by atoms with Gasteiger partial charge >= 0.3 is 0 Å². The van der Waals surface area contributed by atoms with E-state index in [2.05, 4.69) is 10.6 Å². The number of hydrogen-bond acceptors (Lipinski definition) is 4. The maximum absolute atomic E-state index is 12.0. The minimum Gasteiger partial charge on any atom is -0.397 e. The number of aliphatic hydroxyl groups excluding tert-OH is 1. The minimum atomic E-state index is 0.0374. The number of hydrogen-bond donors (Lipinski definition) is 4. The highest BCUT2D eigenvalue weighted by molar-refractivity contribution is 5.93. The molecule has 0 radical (unpaired) electrons. The van der Waals surface area contributed by atoms with Crippen molar-refractivity contribution in [2.24, 2.45) is 5.92 Å². The number of aliphatic hydroxyl groups is 1. The fourth-order valence-electron chi connectivity index (χ4n) is 2.01. The molecule has 5 N–H and O–H groups in total. The Bertz CT molecular complexity index is 431. The first-order valence-electron chi connectivity index (χ1n) is 7.17. The Kier molecular flexibility index (Phi) is 6.87. The highest BCUT2D eigenvalue weighted by atomic mass is 16.3. The summed E-state index contributed by atoms with van der Waals surface area (Å²) >= 11 is 0. The first kappa shape index (κ1) is 16.3. The van der Waals surface area contributed by atoms with Crippen LogP contribution >= 0.6 is 0 Å². The van der Waals surface area contributed by atoms with Gasteiger partial charge in [0.15, 0.2) is 0 Å². The zero-order chi connectivity index (χ0) is 15.0. The molecule has 1 amide bonds. The SMILES string of the molecule is CCC(CC)C(=O)Nc1ccc(NCCCO)c(N)c1. The minimum absolute atomic E-state index is 0.0374. The summed E-state index contributed by atoms with van der Waals surface area (Å²) in [6.45, 7) is 4.84. The molecule has 1 aromatic rings. The van der Waals surface area contributed by atoms with Crippen LogP contribution in [0.5, 0.6) is 0 Å². The van der Waals surface area contributed by atoms with Crippen molar-refractivity contribution in [2.75, 3.05) is 29.5 Å². The molecule has 0 saturated heterocycles. The lowest BCUT2D eigenvalue weighted by Crippen LogP contribution is -2.21. The first-order chi connectivity index (χ1) is 9.62. The summed E-state index contributed by atoms with van der Waals surface area (Å²) < 4.78 is 0. The van der Waals surface area contributed by atoms with Crippen molar-refractivity contribution >= 4 is 23.0 Å². The van der Waals surface area contributed by atoms with Crippen LogP contribution in [0.15, 0.2) is 18.2 Å². The van der Waals surface area contributed by atoms with Crippen molar-refractivity contribution in [3.63, 3.8) is 0 Å². The molecule has 0 aromatic heterocycles. The van der Waals surface area contributed by atoms with Gasteiger partial charge in [0.05, 0.1) is 11.4 Å². The molecule has 1 aromatic carbocycles. The van der Waals surface area contributed by atoms with Crippen LogP contribution in [-0.4, -0.2) is 24.2 Å². The van der Waals surface area contributed by atoms with Crippen LogP contribution in [0.25, 0.3) is 0 Å². The van der Waals surface area contributed by atoms with E-state index < -0.39 is 0 Å².